The highest BCUT2D eigenvalue weighted by atomic mass is 35.5. The Kier molecular flexibility index (Phi) is 5.97. The molecule has 0 unspecified atom stereocenters. The highest BCUT2D eigenvalue weighted by Crippen LogP contribution is 2.48. The van der Waals surface area contributed by atoms with Crippen LogP contribution in [0.5, 0.6) is 17.2 Å². The van der Waals surface area contributed by atoms with E-state index in [1.807, 2.05) is 10.9 Å². The lowest BCUT2D eigenvalue weighted by Gasteiger charge is -2.40. The minimum Gasteiger partial charge on any atom is -0.496 e. The second kappa shape index (κ2) is 8.74. The molecule has 170 valence electrons. The molecule has 1 aliphatic carbocycles. The van der Waals surface area contributed by atoms with Crippen LogP contribution < -0.4 is 14.2 Å². The normalized spacial score (nSPS) is 21.2. The van der Waals surface area contributed by atoms with Crippen molar-refractivity contribution in [2.75, 3.05) is 33.4 Å². The fourth-order valence-electron chi connectivity index (χ4n) is 4.56. The van der Waals surface area contributed by atoms with E-state index < -0.39 is 12.9 Å². The maximum absolute atomic E-state index is 16.1. The minimum absolute atomic E-state index is 0.0660. The summed E-state index contributed by atoms with van der Waals surface area (Å²) in [5.41, 5.74) is 1.52. The van der Waals surface area contributed by atoms with Gasteiger partial charge in [0.05, 0.1) is 29.8 Å². The molecule has 6 nitrogen and oxygen atoms in total. The fourth-order valence-corrected chi connectivity index (χ4v) is 4.82. The maximum atomic E-state index is 16.1. The van der Waals surface area contributed by atoms with E-state index in [1.165, 1.54) is 0 Å². The molecule has 3 aliphatic rings. The number of methoxy groups -OCH3 is 1. The van der Waals surface area contributed by atoms with Crippen LogP contribution in [0.1, 0.15) is 18.4 Å². The average molecular weight is 461 g/mol. The molecule has 1 atom stereocenters. The summed E-state index contributed by atoms with van der Waals surface area (Å²) >= 11 is 6.52. The number of hydrogen-bond donors (Lipinski definition) is 1. The molecule has 0 radical (unpaired) electrons. The van der Waals surface area contributed by atoms with Crippen LogP contribution in [-0.4, -0.2) is 67.3 Å². The summed E-state index contributed by atoms with van der Waals surface area (Å²) < 4.78 is 33.9. The second-order valence-electron chi connectivity index (χ2n) is 8.75. The van der Waals surface area contributed by atoms with Gasteiger partial charge < -0.3 is 24.0 Å². The molecule has 1 N–H and O–H groups in total. The molecule has 0 aromatic heterocycles. The van der Waals surface area contributed by atoms with E-state index in [-0.39, 0.29) is 23.5 Å². The molecule has 1 saturated carbocycles. The molecule has 0 bridgehead atoms. The first kappa shape index (κ1) is 21.8. The van der Waals surface area contributed by atoms with Gasteiger partial charge in [-0.3, -0.25) is 4.90 Å². The highest BCUT2D eigenvalue weighted by molar-refractivity contribution is 6.45. The largest absolute Gasteiger partial charge is 0.496 e. The van der Waals surface area contributed by atoms with E-state index in [9.17, 15) is 5.02 Å². The summed E-state index contributed by atoms with van der Waals surface area (Å²) in [6.07, 6.45) is 2.00. The predicted octanol–water partition coefficient (Wildman–Crippen LogP) is 3.68. The first-order valence-electron chi connectivity index (χ1n) is 11.1. The zero-order valence-corrected chi connectivity index (χ0v) is 19.1. The molecule has 32 heavy (non-hydrogen) atoms. The Balaban J connectivity index is 1.58. The molecule has 5 rings (SSSR count). The van der Waals surface area contributed by atoms with Gasteiger partial charge in [-0.25, -0.2) is 4.39 Å². The molecule has 2 aromatic carbocycles. The van der Waals surface area contributed by atoms with Crippen LogP contribution in [0.15, 0.2) is 24.3 Å². The molecular weight excluding hydrogens is 434 g/mol. The lowest BCUT2D eigenvalue weighted by atomic mass is 9.83. The van der Waals surface area contributed by atoms with E-state index in [0.29, 0.717) is 41.8 Å². The number of halogens is 2. The second-order valence-corrected chi connectivity index (χ2v) is 9.16. The van der Waals surface area contributed by atoms with Crippen molar-refractivity contribution in [2.24, 2.45) is 0 Å². The summed E-state index contributed by atoms with van der Waals surface area (Å²) in [7, 11) is 1.03. The Labute approximate surface area is 192 Å². The monoisotopic (exact) mass is 460 g/mol. The Hall–Kier alpha value is -2.00. The third kappa shape index (κ3) is 4.05. The maximum Gasteiger partial charge on any atom is 0.376 e. The van der Waals surface area contributed by atoms with E-state index in [1.54, 1.807) is 32.1 Å². The number of nitrogens with zero attached hydrogens (tertiary/aromatic N) is 2. The van der Waals surface area contributed by atoms with E-state index in [0.717, 1.165) is 31.5 Å². The van der Waals surface area contributed by atoms with Crippen molar-refractivity contribution in [1.82, 2.24) is 9.71 Å². The van der Waals surface area contributed by atoms with Gasteiger partial charge in [0.15, 0.2) is 11.6 Å². The molecule has 2 heterocycles. The Morgan fingerprint density at radius 3 is 2.75 bits per heavy atom. The molecule has 0 spiro atoms. The molecule has 2 fully saturated rings. The molecular formula is C23H27BClFN2O4. The third-order valence-electron chi connectivity index (χ3n) is 6.48. The molecule has 0 amide bonds. The van der Waals surface area contributed by atoms with Crippen molar-refractivity contribution in [2.45, 2.75) is 38.4 Å². The topological polar surface area (TPSA) is 54.4 Å². The van der Waals surface area contributed by atoms with Gasteiger partial charge in [-0.15, -0.1) is 0 Å². The van der Waals surface area contributed by atoms with E-state index in [2.05, 4.69) is 4.90 Å². The molecule has 1 saturated heterocycles. The van der Waals surface area contributed by atoms with Crippen molar-refractivity contribution in [3.8, 4) is 28.4 Å². The van der Waals surface area contributed by atoms with Gasteiger partial charge in [-0.05, 0) is 37.9 Å². The van der Waals surface area contributed by atoms with Gasteiger partial charge in [0, 0.05) is 37.3 Å². The van der Waals surface area contributed by atoms with Crippen LogP contribution in [-0.2, 0) is 6.54 Å². The van der Waals surface area contributed by atoms with Gasteiger partial charge in [0.2, 0.25) is 0 Å². The molecule has 2 aliphatic heterocycles. The third-order valence-corrected chi connectivity index (χ3v) is 6.80. The first-order valence-corrected chi connectivity index (χ1v) is 11.5. The van der Waals surface area contributed by atoms with Gasteiger partial charge in [0.25, 0.3) is 0 Å². The SMILES string of the molecule is COc1cccc(Cl)c1-c1c(OC2CC2)cc2c(c1F)OC[C@H]1CN(B(C)O)CCN1C2. The van der Waals surface area contributed by atoms with Crippen LogP contribution in [0.2, 0.25) is 11.8 Å². The summed E-state index contributed by atoms with van der Waals surface area (Å²) in [6, 6.07) is 7.22. The molecule has 9 heteroatoms. The van der Waals surface area contributed by atoms with Crippen molar-refractivity contribution < 1.29 is 23.6 Å². The Morgan fingerprint density at radius 1 is 1.22 bits per heavy atom. The van der Waals surface area contributed by atoms with Gasteiger partial charge in [-0.2, -0.15) is 0 Å². The lowest BCUT2D eigenvalue weighted by Crippen LogP contribution is -2.57. The highest BCUT2D eigenvalue weighted by Gasteiger charge is 2.36. The van der Waals surface area contributed by atoms with Crippen molar-refractivity contribution >= 4 is 18.7 Å². The minimum atomic E-state index is -0.516. The Bertz CT molecular complexity index is 1020. The van der Waals surface area contributed by atoms with Crippen LogP contribution in [0, 0.1) is 5.82 Å². The summed E-state index contributed by atoms with van der Waals surface area (Å²) in [5, 5.41) is 10.4. The van der Waals surface area contributed by atoms with E-state index >= 15 is 4.39 Å². The Morgan fingerprint density at radius 2 is 2.03 bits per heavy atom. The van der Waals surface area contributed by atoms with E-state index in [4.69, 9.17) is 25.8 Å². The smallest absolute Gasteiger partial charge is 0.376 e. The fraction of sp³-hybridized carbons (Fsp3) is 0.478. The standard InChI is InChI=1S/C23H27BClFN2O4/c1-24(29)28-9-8-27-11-14-10-19(32-16-6-7-16)21(20-17(25)4-3-5-18(20)30-2)22(26)23(14)31-13-15(27)12-28/h3-5,10,15-16,29H,6-9,11-13H2,1-2H3/t15-/m1/s1. The average Bonchev–Trinajstić information content (AvgIpc) is 3.60. The number of benzene rings is 2. The molecule has 2 aromatic rings. The first-order chi connectivity index (χ1) is 15.5. The van der Waals surface area contributed by atoms with Crippen molar-refractivity contribution in [1.29, 1.82) is 0 Å². The summed E-state index contributed by atoms with van der Waals surface area (Å²) in [6.45, 7) is 4.88. The zero-order chi connectivity index (χ0) is 22.4. The summed E-state index contributed by atoms with van der Waals surface area (Å²) in [4.78, 5) is 4.30. The quantitative estimate of drug-likeness (QED) is 0.687. The van der Waals surface area contributed by atoms with Crippen molar-refractivity contribution in [3.63, 3.8) is 0 Å². The number of piperazine rings is 1. The zero-order valence-electron chi connectivity index (χ0n) is 18.3. The number of ether oxygens (including phenoxy) is 3. The lowest BCUT2D eigenvalue weighted by molar-refractivity contribution is 0.0781. The number of fused-ring (bicyclic) bond motifs is 2. The van der Waals surface area contributed by atoms with Crippen LogP contribution in [0.3, 0.4) is 0 Å². The van der Waals surface area contributed by atoms with Gasteiger partial charge in [0.1, 0.15) is 18.1 Å². The number of rotatable bonds is 5. The van der Waals surface area contributed by atoms with Crippen LogP contribution >= 0.6 is 11.6 Å². The van der Waals surface area contributed by atoms with Gasteiger partial charge in [-0.1, -0.05) is 17.7 Å². The summed E-state index contributed by atoms with van der Waals surface area (Å²) in [5.74, 6) is 0.718. The predicted molar refractivity (Wildman–Crippen MR) is 122 cm³/mol. The van der Waals surface area contributed by atoms with Crippen molar-refractivity contribution in [3.05, 3.63) is 40.7 Å². The van der Waals surface area contributed by atoms with Gasteiger partial charge >= 0.3 is 7.05 Å². The van der Waals surface area contributed by atoms with Crippen LogP contribution in [0.25, 0.3) is 11.1 Å². The number of hydrogen-bond acceptors (Lipinski definition) is 6. The van der Waals surface area contributed by atoms with Crippen LogP contribution in [0.4, 0.5) is 4.39 Å².